The van der Waals surface area contributed by atoms with Crippen LogP contribution in [0.1, 0.15) is 30.9 Å². The van der Waals surface area contributed by atoms with E-state index in [1.54, 1.807) is 0 Å². The van der Waals surface area contributed by atoms with Gasteiger partial charge in [-0.25, -0.2) is 0 Å². The molecule has 0 heterocycles. The highest BCUT2D eigenvalue weighted by Gasteiger charge is 1.94. The fourth-order valence-electron chi connectivity index (χ4n) is 1.38. The van der Waals surface area contributed by atoms with E-state index in [1.165, 1.54) is 5.57 Å². The molecule has 0 bridgehead atoms. The third-order valence-electron chi connectivity index (χ3n) is 2.15. The summed E-state index contributed by atoms with van der Waals surface area (Å²) in [6.45, 7) is 2.05. The molecule has 2 heteroatoms. The minimum atomic E-state index is 0.541. The summed E-state index contributed by atoms with van der Waals surface area (Å²) in [6.07, 6.45) is 3.52. The number of allylic oxidation sites excluding steroid dienone is 1. The maximum atomic E-state index is 8.47. The van der Waals surface area contributed by atoms with Crippen molar-refractivity contribution in [3.63, 3.8) is 0 Å². The molecule has 78 valence electrons. The zero-order chi connectivity index (χ0) is 11.1. The fourth-order valence-corrected chi connectivity index (χ4v) is 1.54. The lowest BCUT2D eigenvalue weighted by atomic mass is 10.1. The van der Waals surface area contributed by atoms with E-state index in [-0.39, 0.29) is 0 Å². The Morgan fingerprint density at radius 2 is 2.33 bits per heavy atom. The SMILES string of the molecule is C/C(=C\c1cccc(CCl)c1)CCC#N. The van der Waals surface area contributed by atoms with E-state index in [0.29, 0.717) is 12.3 Å². The van der Waals surface area contributed by atoms with Gasteiger partial charge < -0.3 is 0 Å². The van der Waals surface area contributed by atoms with Gasteiger partial charge in [0.1, 0.15) is 0 Å². The Bertz CT molecular complexity index is 388. The van der Waals surface area contributed by atoms with Crippen LogP contribution in [-0.4, -0.2) is 0 Å². The number of benzene rings is 1. The molecule has 0 aliphatic carbocycles. The van der Waals surface area contributed by atoms with Crippen LogP contribution in [0.25, 0.3) is 6.08 Å². The topological polar surface area (TPSA) is 23.8 Å². The van der Waals surface area contributed by atoms with Gasteiger partial charge in [0.2, 0.25) is 0 Å². The summed E-state index contributed by atoms with van der Waals surface area (Å²) in [5.74, 6) is 0.541. The summed E-state index contributed by atoms with van der Waals surface area (Å²) in [5.41, 5.74) is 3.50. The van der Waals surface area contributed by atoms with Crippen LogP contribution in [0.3, 0.4) is 0 Å². The molecule has 1 aromatic rings. The monoisotopic (exact) mass is 219 g/mol. The first-order valence-electron chi connectivity index (χ1n) is 4.95. The first-order chi connectivity index (χ1) is 7.26. The lowest BCUT2D eigenvalue weighted by Crippen LogP contribution is -1.81. The molecule has 0 aliphatic heterocycles. The van der Waals surface area contributed by atoms with Gasteiger partial charge in [-0.3, -0.25) is 0 Å². The third-order valence-corrected chi connectivity index (χ3v) is 2.46. The summed E-state index contributed by atoms with van der Waals surface area (Å²) < 4.78 is 0. The quantitative estimate of drug-likeness (QED) is 0.699. The molecular weight excluding hydrogens is 206 g/mol. The van der Waals surface area contributed by atoms with Gasteiger partial charge in [0.05, 0.1) is 6.07 Å². The minimum Gasteiger partial charge on any atom is -0.198 e. The molecule has 0 fully saturated rings. The second-order valence-electron chi connectivity index (χ2n) is 3.53. The second-order valence-corrected chi connectivity index (χ2v) is 3.79. The van der Waals surface area contributed by atoms with Crippen LogP contribution in [0.15, 0.2) is 29.8 Å². The summed E-state index contributed by atoms with van der Waals surface area (Å²) in [4.78, 5) is 0. The minimum absolute atomic E-state index is 0.541. The molecule has 0 aliphatic rings. The fraction of sp³-hybridized carbons (Fsp3) is 0.308. The Labute approximate surface area is 96.0 Å². The summed E-state index contributed by atoms with van der Waals surface area (Å²) in [6, 6.07) is 10.3. The van der Waals surface area contributed by atoms with Crippen molar-refractivity contribution < 1.29 is 0 Å². The summed E-state index contributed by atoms with van der Waals surface area (Å²) in [7, 11) is 0. The predicted octanol–water partition coefficient (Wildman–Crippen LogP) is 4.13. The van der Waals surface area contributed by atoms with Crippen LogP contribution in [0.5, 0.6) is 0 Å². The van der Waals surface area contributed by atoms with Gasteiger partial charge in [0.25, 0.3) is 0 Å². The zero-order valence-corrected chi connectivity index (χ0v) is 9.59. The summed E-state index contributed by atoms with van der Waals surface area (Å²) in [5, 5.41) is 8.47. The Morgan fingerprint density at radius 3 is 3.00 bits per heavy atom. The average Bonchev–Trinajstić information content (AvgIpc) is 2.26. The second kappa shape index (κ2) is 6.27. The molecule has 1 nitrogen and oxygen atoms in total. The van der Waals surface area contributed by atoms with E-state index in [0.717, 1.165) is 17.5 Å². The van der Waals surface area contributed by atoms with Gasteiger partial charge in [0.15, 0.2) is 0 Å². The van der Waals surface area contributed by atoms with Crippen molar-refractivity contribution in [3.8, 4) is 6.07 Å². The van der Waals surface area contributed by atoms with Crippen molar-refractivity contribution in [2.75, 3.05) is 0 Å². The molecule has 0 N–H and O–H groups in total. The van der Waals surface area contributed by atoms with E-state index in [1.807, 2.05) is 25.1 Å². The molecule has 0 unspecified atom stereocenters. The van der Waals surface area contributed by atoms with Crippen molar-refractivity contribution in [2.24, 2.45) is 0 Å². The van der Waals surface area contributed by atoms with Crippen molar-refractivity contribution >= 4 is 17.7 Å². The van der Waals surface area contributed by atoms with E-state index in [4.69, 9.17) is 16.9 Å². The van der Waals surface area contributed by atoms with Crippen molar-refractivity contribution in [3.05, 3.63) is 41.0 Å². The molecular formula is C13H14ClN. The van der Waals surface area contributed by atoms with Crippen molar-refractivity contribution in [1.82, 2.24) is 0 Å². The predicted molar refractivity (Wildman–Crippen MR) is 64.5 cm³/mol. The normalized spacial score (nSPS) is 11.1. The molecule has 0 atom stereocenters. The van der Waals surface area contributed by atoms with Gasteiger partial charge >= 0.3 is 0 Å². The Balaban J connectivity index is 2.74. The Kier molecular flexibility index (Phi) is 4.93. The maximum absolute atomic E-state index is 8.47. The van der Waals surface area contributed by atoms with Gasteiger partial charge in [0, 0.05) is 12.3 Å². The molecule has 0 radical (unpaired) electrons. The van der Waals surface area contributed by atoms with Gasteiger partial charge in [-0.15, -0.1) is 11.6 Å². The van der Waals surface area contributed by atoms with Crippen molar-refractivity contribution in [1.29, 1.82) is 5.26 Å². The lowest BCUT2D eigenvalue weighted by molar-refractivity contribution is 0.996. The average molecular weight is 220 g/mol. The molecule has 0 spiro atoms. The standard InChI is InChI=1S/C13H14ClN/c1-11(4-3-7-15)8-12-5-2-6-13(9-12)10-14/h2,5-6,8-9H,3-4,10H2,1H3/b11-8+. The number of hydrogen-bond acceptors (Lipinski definition) is 1. The molecule has 0 saturated carbocycles. The first-order valence-corrected chi connectivity index (χ1v) is 5.48. The smallest absolute Gasteiger partial charge is 0.0625 e. The highest BCUT2D eigenvalue weighted by molar-refractivity contribution is 6.17. The van der Waals surface area contributed by atoms with Crippen LogP contribution < -0.4 is 0 Å². The van der Waals surface area contributed by atoms with Crippen LogP contribution >= 0.6 is 11.6 Å². The highest BCUT2D eigenvalue weighted by atomic mass is 35.5. The van der Waals surface area contributed by atoms with E-state index in [9.17, 15) is 0 Å². The molecule has 1 rings (SSSR count). The van der Waals surface area contributed by atoms with E-state index >= 15 is 0 Å². The molecule has 15 heavy (non-hydrogen) atoms. The van der Waals surface area contributed by atoms with E-state index < -0.39 is 0 Å². The number of alkyl halides is 1. The number of nitriles is 1. The Hall–Kier alpha value is -1.26. The van der Waals surface area contributed by atoms with E-state index in [2.05, 4.69) is 18.2 Å². The number of halogens is 1. The highest BCUT2D eigenvalue weighted by Crippen LogP contribution is 2.13. The third kappa shape index (κ3) is 4.18. The summed E-state index contributed by atoms with van der Waals surface area (Å²) >= 11 is 5.76. The number of hydrogen-bond donors (Lipinski definition) is 0. The van der Waals surface area contributed by atoms with Gasteiger partial charge in [-0.2, -0.15) is 5.26 Å². The zero-order valence-electron chi connectivity index (χ0n) is 8.83. The van der Waals surface area contributed by atoms with Crippen LogP contribution in [0.4, 0.5) is 0 Å². The van der Waals surface area contributed by atoms with Crippen LogP contribution in [0, 0.1) is 11.3 Å². The van der Waals surface area contributed by atoms with Gasteiger partial charge in [-0.1, -0.05) is 35.9 Å². The first kappa shape index (κ1) is 11.8. The largest absolute Gasteiger partial charge is 0.198 e. The molecule has 0 aromatic heterocycles. The lowest BCUT2D eigenvalue weighted by Gasteiger charge is -2.00. The number of nitrogens with zero attached hydrogens (tertiary/aromatic N) is 1. The van der Waals surface area contributed by atoms with Crippen molar-refractivity contribution in [2.45, 2.75) is 25.6 Å². The van der Waals surface area contributed by atoms with Crippen LogP contribution in [-0.2, 0) is 5.88 Å². The van der Waals surface area contributed by atoms with Crippen LogP contribution in [0.2, 0.25) is 0 Å². The molecule has 1 aromatic carbocycles. The maximum Gasteiger partial charge on any atom is 0.0625 e. The Morgan fingerprint density at radius 1 is 1.53 bits per heavy atom. The van der Waals surface area contributed by atoms with Gasteiger partial charge in [-0.05, 0) is 24.5 Å². The number of rotatable bonds is 4. The molecule has 0 amide bonds. The molecule has 0 saturated heterocycles.